The van der Waals surface area contributed by atoms with Crippen molar-refractivity contribution in [3.8, 4) is 0 Å². The molecule has 25 heavy (non-hydrogen) atoms. The zero-order valence-corrected chi connectivity index (χ0v) is 15.0. The van der Waals surface area contributed by atoms with Crippen molar-refractivity contribution in [2.75, 3.05) is 11.4 Å². The van der Waals surface area contributed by atoms with E-state index in [0.717, 1.165) is 23.0 Å². The van der Waals surface area contributed by atoms with Gasteiger partial charge in [-0.05, 0) is 48.9 Å². The maximum Gasteiger partial charge on any atom is 0.416 e. The van der Waals surface area contributed by atoms with E-state index < -0.39 is 11.7 Å². The molecule has 2 aromatic carbocycles. The van der Waals surface area contributed by atoms with E-state index in [-0.39, 0.29) is 6.10 Å². The number of benzene rings is 2. The summed E-state index contributed by atoms with van der Waals surface area (Å²) in [5.41, 5.74) is 0.404. The number of ether oxygens (including phenoxy) is 1. The van der Waals surface area contributed by atoms with Gasteiger partial charge in [-0.2, -0.15) is 18.2 Å². The van der Waals surface area contributed by atoms with Crippen molar-refractivity contribution in [2.24, 2.45) is 4.99 Å². The third-order valence-corrected chi connectivity index (χ3v) is 4.41. The van der Waals surface area contributed by atoms with Crippen LogP contribution < -0.4 is 4.90 Å². The number of rotatable bonds is 3. The Bertz CT molecular complexity index is 775. The van der Waals surface area contributed by atoms with Gasteiger partial charge in [0.2, 0.25) is 0 Å². The molecule has 1 fully saturated rings. The predicted molar refractivity (Wildman–Crippen MR) is 95.2 cm³/mol. The van der Waals surface area contributed by atoms with Crippen molar-refractivity contribution in [3.05, 3.63) is 58.6 Å². The predicted octanol–water partition coefficient (Wildman–Crippen LogP) is 5.77. The lowest BCUT2D eigenvalue weighted by molar-refractivity contribution is -0.137. The van der Waals surface area contributed by atoms with Gasteiger partial charge < -0.3 is 4.74 Å². The third-order valence-electron chi connectivity index (χ3n) is 3.88. The molecule has 1 heterocycles. The molecule has 1 saturated heterocycles. The van der Waals surface area contributed by atoms with Crippen LogP contribution in [0.5, 0.6) is 0 Å². The van der Waals surface area contributed by atoms with E-state index in [2.05, 4.69) is 20.9 Å². The van der Waals surface area contributed by atoms with Gasteiger partial charge in [0, 0.05) is 10.2 Å². The first-order valence-electron chi connectivity index (χ1n) is 7.82. The lowest BCUT2D eigenvalue weighted by Crippen LogP contribution is -2.26. The summed E-state index contributed by atoms with van der Waals surface area (Å²) in [6.07, 6.45) is -3.75. The summed E-state index contributed by atoms with van der Waals surface area (Å²) in [6.45, 7) is 2.44. The van der Waals surface area contributed by atoms with Crippen molar-refractivity contribution >= 4 is 33.3 Å². The summed E-state index contributed by atoms with van der Waals surface area (Å²) in [4.78, 5) is 6.15. The lowest BCUT2D eigenvalue weighted by Gasteiger charge is -2.17. The van der Waals surface area contributed by atoms with E-state index in [0.29, 0.717) is 23.9 Å². The van der Waals surface area contributed by atoms with Gasteiger partial charge in [0.25, 0.3) is 6.02 Å². The second kappa shape index (κ2) is 7.07. The lowest BCUT2D eigenvalue weighted by atomic mass is 10.1. The molecule has 7 heteroatoms. The number of anilines is 1. The summed E-state index contributed by atoms with van der Waals surface area (Å²) in [6, 6.07) is 12.8. The second-order valence-corrected chi connectivity index (χ2v) is 6.59. The smallest absolute Gasteiger partial charge is 0.416 e. The van der Waals surface area contributed by atoms with E-state index in [1.54, 1.807) is 11.0 Å². The maximum atomic E-state index is 13.0. The molecule has 0 aliphatic carbocycles. The molecule has 0 aromatic heterocycles. The molecule has 0 amide bonds. The Morgan fingerprint density at radius 2 is 1.92 bits per heavy atom. The number of halogens is 4. The van der Waals surface area contributed by atoms with Crippen LogP contribution in [0.3, 0.4) is 0 Å². The number of amidine groups is 1. The van der Waals surface area contributed by atoms with Crippen molar-refractivity contribution < 1.29 is 17.9 Å². The highest BCUT2D eigenvalue weighted by Crippen LogP contribution is 2.33. The minimum atomic E-state index is -4.39. The zero-order chi connectivity index (χ0) is 18.0. The minimum absolute atomic E-state index is 0.108. The van der Waals surface area contributed by atoms with Crippen molar-refractivity contribution in [1.82, 2.24) is 0 Å². The fourth-order valence-electron chi connectivity index (χ4n) is 2.52. The molecule has 132 valence electrons. The Morgan fingerprint density at radius 1 is 1.20 bits per heavy atom. The molecule has 0 N–H and O–H groups in total. The Morgan fingerprint density at radius 3 is 2.56 bits per heavy atom. The molecule has 1 atom stereocenters. The first-order chi connectivity index (χ1) is 11.9. The number of alkyl halides is 3. The normalized spacial score (nSPS) is 19.3. The summed E-state index contributed by atoms with van der Waals surface area (Å²) in [5.74, 6) is 0. The molecule has 3 rings (SSSR count). The Balaban J connectivity index is 1.96. The van der Waals surface area contributed by atoms with Crippen LogP contribution in [0.25, 0.3) is 0 Å². The number of hydrogen-bond acceptors (Lipinski definition) is 2. The third kappa shape index (κ3) is 4.15. The molecule has 0 saturated carbocycles. The van der Waals surface area contributed by atoms with Gasteiger partial charge in [0.05, 0.1) is 17.8 Å². The minimum Gasteiger partial charge on any atom is -0.459 e. The highest BCUT2D eigenvalue weighted by Gasteiger charge is 2.34. The number of hydrogen-bond donors (Lipinski definition) is 0. The summed E-state index contributed by atoms with van der Waals surface area (Å²) < 4.78 is 45.7. The fraction of sp³-hybridized carbons (Fsp3) is 0.278. The Kier molecular flexibility index (Phi) is 5.03. The van der Waals surface area contributed by atoms with Gasteiger partial charge in [0.15, 0.2) is 0 Å². The van der Waals surface area contributed by atoms with E-state index >= 15 is 0 Å². The van der Waals surface area contributed by atoms with Crippen LogP contribution in [-0.2, 0) is 10.9 Å². The van der Waals surface area contributed by atoms with E-state index in [1.165, 1.54) is 6.07 Å². The summed E-state index contributed by atoms with van der Waals surface area (Å²) in [5, 5.41) is 0. The first kappa shape index (κ1) is 17.8. The molecule has 0 spiro atoms. The van der Waals surface area contributed by atoms with Crippen LogP contribution in [0.15, 0.2) is 58.0 Å². The molecule has 1 unspecified atom stereocenters. The highest BCUT2D eigenvalue weighted by atomic mass is 79.9. The standard InChI is InChI=1S/C18H16BrF3N2O/c1-2-16-11-24(15-5-3-4-12(10-15)18(20,21)22)17(25-16)23-14-8-6-13(19)7-9-14/h3-10,16H,2,11H2,1H3. The van der Waals surface area contributed by atoms with Crippen LogP contribution in [-0.4, -0.2) is 18.7 Å². The molecular formula is C18H16BrF3N2O. The van der Waals surface area contributed by atoms with Gasteiger partial charge in [-0.3, -0.25) is 4.90 Å². The van der Waals surface area contributed by atoms with Crippen molar-refractivity contribution in [2.45, 2.75) is 25.6 Å². The Hall–Kier alpha value is -2.02. The van der Waals surface area contributed by atoms with Gasteiger partial charge in [-0.25, -0.2) is 0 Å². The Labute approximate surface area is 152 Å². The fourth-order valence-corrected chi connectivity index (χ4v) is 2.79. The topological polar surface area (TPSA) is 24.8 Å². The van der Waals surface area contributed by atoms with Gasteiger partial charge in [-0.15, -0.1) is 0 Å². The average Bonchev–Trinajstić information content (AvgIpc) is 2.99. The molecule has 3 nitrogen and oxygen atoms in total. The van der Waals surface area contributed by atoms with Crippen LogP contribution >= 0.6 is 15.9 Å². The van der Waals surface area contributed by atoms with Crippen LogP contribution in [0.1, 0.15) is 18.9 Å². The number of aliphatic imine (C=N–C) groups is 1. The van der Waals surface area contributed by atoms with Gasteiger partial charge >= 0.3 is 6.18 Å². The number of nitrogens with zero attached hydrogens (tertiary/aromatic N) is 2. The molecule has 1 aliphatic rings. The monoisotopic (exact) mass is 412 g/mol. The first-order valence-corrected chi connectivity index (χ1v) is 8.62. The van der Waals surface area contributed by atoms with Gasteiger partial charge in [-0.1, -0.05) is 28.9 Å². The van der Waals surface area contributed by atoms with Gasteiger partial charge in [0.1, 0.15) is 6.10 Å². The summed E-state index contributed by atoms with van der Waals surface area (Å²) >= 11 is 3.36. The molecule has 2 aromatic rings. The molecule has 1 aliphatic heterocycles. The van der Waals surface area contributed by atoms with Crippen molar-refractivity contribution in [1.29, 1.82) is 0 Å². The molecule has 0 radical (unpaired) electrons. The highest BCUT2D eigenvalue weighted by molar-refractivity contribution is 9.10. The van der Waals surface area contributed by atoms with Crippen molar-refractivity contribution in [3.63, 3.8) is 0 Å². The molecule has 0 bridgehead atoms. The quantitative estimate of drug-likeness (QED) is 0.638. The second-order valence-electron chi connectivity index (χ2n) is 5.68. The largest absolute Gasteiger partial charge is 0.459 e. The van der Waals surface area contributed by atoms with E-state index in [1.807, 2.05) is 31.2 Å². The average molecular weight is 413 g/mol. The van der Waals surface area contributed by atoms with E-state index in [9.17, 15) is 13.2 Å². The maximum absolute atomic E-state index is 13.0. The van der Waals surface area contributed by atoms with Crippen LogP contribution in [0.2, 0.25) is 0 Å². The zero-order valence-electron chi connectivity index (χ0n) is 13.4. The van der Waals surface area contributed by atoms with Crippen LogP contribution in [0, 0.1) is 0 Å². The van der Waals surface area contributed by atoms with Crippen LogP contribution in [0.4, 0.5) is 24.5 Å². The summed E-state index contributed by atoms with van der Waals surface area (Å²) in [7, 11) is 0. The SMILES string of the molecule is CCC1CN(c2cccc(C(F)(F)F)c2)C(=Nc2ccc(Br)cc2)O1. The molecular weight excluding hydrogens is 397 g/mol. The van der Waals surface area contributed by atoms with E-state index in [4.69, 9.17) is 4.74 Å².